The van der Waals surface area contributed by atoms with Crippen LogP contribution >= 0.6 is 0 Å². The third-order valence-corrected chi connectivity index (χ3v) is 3.84. The van der Waals surface area contributed by atoms with E-state index in [9.17, 15) is 0 Å². The molecule has 1 N–H and O–H groups in total. The zero-order chi connectivity index (χ0) is 13.9. The number of aromatic nitrogens is 3. The van der Waals surface area contributed by atoms with Crippen molar-refractivity contribution in [1.29, 1.82) is 0 Å². The van der Waals surface area contributed by atoms with Crippen LogP contribution in [0.15, 0.2) is 36.7 Å². The summed E-state index contributed by atoms with van der Waals surface area (Å²) in [7, 11) is 1.95. The van der Waals surface area contributed by atoms with Crippen LogP contribution in [0.2, 0.25) is 0 Å². The smallest absolute Gasteiger partial charge is 0.114 e. The average Bonchev–Trinajstić information content (AvgIpc) is 3.08. The van der Waals surface area contributed by atoms with Gasteiger partial charge in [-0.2, -0.15) is 5.10 Å². The fraction of sp³-hybridized carbons (Fsp3) is 0.467. The Morgan fingerprint density at radius 1 is 1.35 bits per heavy atom. The van der Waals surface area contributed by atoms with Gasteiger partial charge in [0.1, 0.15) is 6.10 Å². The fourth-order valence-electron chi connectivity index (χ4n) is 2.75. The molecule has 1 fully saturated rings. The molecule has 0 bridgehead atoms. The van der Waals surface area contributed by atoms with Crippen molar-refractivity contribution in [3.8, 4) is 0 Å². The summed E-state index contributed by atoms with van der Waals surface area (Å²) in [4.78, 5) is 4.41. The van der Waals surface area contributed by atoms with Crippen LogP contribution in [-0.2, 0) is 11.8 Å². The van der Waals surface area contributed by atoms with Crippen LogP contribution < -0.4 is 5.32 Å². The molecule has 0 radical (unpaired) electrons. The Morgan fingerprint density at radius 3 is 2.95 bits per heavy atom. The van der Waals surface area contributed by atoms with Gasteiger partial charge in [-0.25, -0.2) is 0 Å². The maximum atomic E-state index is 5.88. The predicted octanol–water partition coefficient (Wildman–Crippen LogP) is 2.00. The number of rotatable bonds is 4. The van der Waals surface area contributed by atoms with Crippen LogP contribution in [0, 0.1) is 0 Å². The van der Waals surface area contributed by atoms with E-state index in [0.717, 1.165) is 24.4 Å². The molecule has 0 aliphatic carbocycles. The van der Waals surface area contributed by atoms with E-state index in [1.807, 2.05) is 48.4 Å². The van der Waals surface area contributed by atoms with Crippen molar-refractivity contribution < 1.29 is 4.74 Å². The van der Waals surface area contributed by atoms with E-state index in [-0.39, 0.29) is 12.1 Å². The molecule has 0 spiro atoms. The molecular formula is C15H20N4O. The van der Waals surface area contributed by atoms with Gasteiger partial charge in [0, 0.05) is 38.1 Å². The molecule has 1 saturated heterocycles. The maximum Gasteiger partial charge on any atom is 0.114 e. The molecular weight excluding hydrogens is 252 g/mol. The molecule has 1 aliphatic heterocycles. The normalized spacial score (nSPS) is 23.9. The van der Waals surface area contributed by atoms with Gasteiger partial charge < -0.3 is 10.1 Å². The van der Waals surface area contributed by atoms with Crippen LogP contribution in [-0.4, -0.2) is 27.4 Å². The highest BCUT2D eigenvalue weighted by atomic mass is 16.5. The number of hydrogen-bond donors (Lipinski definition) is 1. The lowest BCUT2D eigenvalue weighted by Gasteiger charge is -2.23. The van der Waals surface area contributed by atoms with Crippen molar-refractivity contribution >= 4 is 0 Å². The van der Waals surface area contributed by atoms with Crippen molar-refractivity contribution in [2.24, 2.45) is 7.05 Å². The fourth-order valence-corrected chi connectivity index (χ4v) is 2.75. The summed E-state index contributed by atoms with van der Waals surface area (Å²) in [6.45, 7) is 2.92. The molecule has 3 atom stereocenters. The van der Waals surface area contributed by atoms with Crippen LogP contribution in [0.1, 0.15) is 36.9 Å². The van der Waals surface area contributed by atoms with E-state index < -0.39 is 0 Å². The number of nitrogens with zero attached hydrogens (tertiary/aromatic N) is 3. The Hall–Kier alpha value is -1.72. The number of ether oxygens (including phenoxy) is 1. The Kier molecular flexibility index (Phi) is 3.80. The topological polar surface area (TPSA) is 52.0 Å². The van der Waals surface area contributed by atoms with Gasteiger partial charge in [-0.3, -0.25) is 9.67 Å². The maximum absolute atomic E-state index is 5.88. The summed E-state index contributed by atoms with van der Waals surface area (Å²) in [6, 6.07) is 8.53. The van der Waals surface area contributed by atoms with Crippen molar-refractivity contribution in [3.63, 3.8) is 0 Å². The highest BCUT2D eigenvalue weighted by molar-refractivity contribution is 5.12. The van der Waals surface area contributed by atoms with E-state index in [1.54, 1.807) is 0 Å². The standard InChI is InChI=1S/C15H20N4O/c1-11(12-5-3-4-8-16-12)18-13-7-10-20-15(13)14-6-9-17-19(14)2/h3-6,8-9,11,13,15,18H,7,10H2,1-2H3/t11?,13-,15-/m0/s1. The molecule has 106 valence electrons. The third kappa shape index (κ3) is 2.59. The molecule has 2 aromatic heterocycles. The number of hydrogen-bond acceptors (Lipinski definition) is 4. The van der Waals surface area contributed by atoms with Gasteiger partial charge in [0.05, 0.1) is 11.4 Å². The summed E-state index contributed by atoms with van der Waals surface area (Å²) in [5.41, 5.74) is 2.18. The van der Waals surface area contributed by atoms with Gasteiger partial charge in [-0.1, -0.05) is 6.07 Å². The summed E-state index contributed by atoms with van der Waals surface area (Å²) in [6.07, 6.45) is 4.72. The first-order chi connectivity index (χ1) is 9.75. The van der Waals surface area contributed by atoms with Gasteiger partial charge in [0.25, 0.3) is 0 Å². The van der Waals surface area contributed by atoms with Crippen molar-refractivity contribution in [2.45, 2.75) is 31.5 Å². The predicted molar refractivity (Wildman–Crippen MR) is 76.1 cm³/mol. The van der Waals surface area contributed by atoms with E-state index in [1.165, 1.54) is 0 Å². The second-order valence-corrected chi connectivity index (χ2v) is 5.21. The van der Waals surface area contributed by atoms with Crippen molar-refractivity contribution in [1.82, 2.24) is 20.1 Å². The Bertz CT molecular complexity index is 554. The van der Waals surface area contributed by atoms with Crippen molar-refractivity contribution in [3.05, 3.63) is 48.0 Å². The molecule has 5 nitrogen and oxygen atoms in total. The minimum atomic E-state index is 0.0636. The number of nitrogens with one attached hydrogen (secondary N) is 1. The molecule has 0 aromatic carbocycles. The first-order valence-corrected chi connectivity index (χ1v) is 7.02. The molecule has 1 aliphatic rings. The van der Waals surface area contributed by atoms with Gasteiger partial charge in [-0.05, 0) is 31.5 Å². The molecule has 0 amide bonds. The lowest BCUT2D eigenvalue weighted by Crippen LogP contribution is -2.34. The number of aryl methyl sites for hydroxylation is 1. The van der Waals surface area contributed by atoms with Crippen LogP contribution in [0.4, 0.5) is 0 Å². The highest BCUT2D eigenvalue weighted by Crippen LogP contribution is 2.30. The van der Waals surface area contributed by atoms with E-state index in [2.05, 4.69) is 22.3 Å². The number of pyridine rings is 1. The molecule has 0 saturated carbocycles. The lowest BCUT2D eigenvalue weighted by atomic mass is 10.1. The quantitative estimate of drug-likeness (QED) is 0.925. The minimum Gasteiger partial charge on any atom is -0.370 e. The molecule has 2 aromatic rings. The zero-order valence-corrected chi connectivity index (χ0v) is 11.9. The van der Waals surface area contributed by atoms with E-state index >= 15 is 0 Å². The van der Waals surface area contributed by atoms with Crippen LogP contribution in [0.5, 0.6) is 0 Å². The average molecular weight is 272 g/mol. The first-order valence-electron chi connectivity index (χ1n) is 7.02. The summed E-state index contributed by atoms with van der Waals surface area (Å²) in [5, 5.41) is 7.86. The molecule has 3 rings (SSSR count). The van der Waals surface area contributed by atoms with E-state index in [0.29, 0.717) is 6.04 Å². The van der Waals surface area contributed by atoms with Crippen LogP contribution in [0.25, 0.3) is 0 Å². The molecule has 20 heavy (non-hydrogen) atoms. The zero-order valence-electron chi connectivity index (χ0n) is 11.9. The summed E-state index contributed by atoms with van der Waals surface area (Å²) in [5.74, 6) is 0. The Balaban J connectivity index is 1.72. The molecule has 5 heteroatoms. The SMILES string of the molecule is CC(N[C@H]1CCO[C@@H]1c1ccnn1C)c1ccccn1. The highest BCUT2D eigenvalue weighted by Gasteiger charge is 2.32. The molecule has 1 unspecified atom stereocenters. The van der Waals surface area contributed by atoms with Crippen LogP contribution in [0.3, 0.4) is 0 Å². The molecule has 3 heterocycles. The first kappa shape index (κ1) is 13.3. The van der Waals surface area contributed by atoms with E-state index in [4.69, 9.17) is 4.74 Å². The third-order valence-electron chi connectivity index (χ3n) is 3.84. The Morgan fingerprint density at radius 2 is 2.25 bits per heavy atom. The summed E-state index contributed by atoms with van der Waals surface area (Å²) < 4.78 is 7.77. The minimum absolute atomic E-state index is 0.0636. The van der Waals surface area contributed by atoms with Gasteiger partial charge in [-0.15, -0.1) is 0 Å². The van der Waals surface area contributed by atoms with Gasteiger partial charge in [0.2, 0.25) is 0 Å². The second-order valence-electron chi connectivity index (χ2n) is 5.21. The second kappa shape index (κ2) is 5.73. The summed E-state index contributed by atoms with van der Waals surface area (Å²) >= 11 is 0. The Labute approximate surface area is 119 Å². The van der Waals surface area contributed by atoms with Gasteiger partial charge >= 0.3 is 0 Å². The van der Waals surface area contributed by atoms with Crippen molar-refractivity contribution in [2.75, 3.05) is 6.61 Å². The lowest BCUT2D eigenvalue weighted by molar-refractivity contribution is 0.0901. The van der Waals surface area contributed by atoms with Gasteiger partial charge in [0.15, 0.2) is 0 Å². The largest absolute Gasteiger partial charge is 0.370 e. The monoisotopic (exact) mass is 272 g/mol.